The molecule has 0 unspecified atom stereocenters. The van der Waals surface area contributed by atoms with Crippen molar-refractivity contribution in [3.8, 4) is 0 Å². The first-order valence-corrected chi connectivity index (χ1v) is 5.85. The summed E-state index contributed by atoms with van der Waals surface area (Å²) in [5.74, 6) is -1.17. The number of nitro groups is 1. The minimum atomic E-state index is -0.708. The Kier molecular flexibility index (Phi) is 4.11. The van der Waals surface area contributed by atoms with Gasteiger partial charge in [0, 0.05) is 12.3 Å². The van der Waals surface area contributed by atoms with E-state index in [-0.39, 0.29) is 12.4 Å². The molecule has 104 valence electrons. The summed E-state index contributed by atoms with van der Waals surface area (Å²) >= 11 is 0. The number of rotatable bonds is 5. The number of aliphatic hydroxyl groups excluding tert-OH is 1. The van der Waals surface area contributed by atoms with E-state index in [0.29, 0.717) is 12.1 Å². The Morgan fingerprint density at radius 1 is 1.25 bits per heavy atom. The molecule has 0 radical (unpaired) electrons. The molecule has 7 heteroatoms. The number of amides is 1. The van der Waals surface area contributed by atoms with Crippen molar-refractivity contribution >= 4 is 17.5 Å². The van der Waals surface area contributed by atoms with Crippen molar-refractivity contribution in [2.45, 2.75) is 6.42 Å². The third-order valence-electron chi connectivity index (χ3n) is 2.61. The second-order valence-corrected chi connectivity index (χ2v) is 4.02. The summed E-state index contributed by atoms with van der Waals surface area (Å²) < 4.78 is 4.80. The van der Waals surface area contributed by atoms with Crippen LogP contribution in [0.25, 0.3) is 0 Å². The lowest BCUT2D eigenvalue weighted by Crippen LogP contribution is -2.10. The minimum absolute atomic E-state index is 0.0573. The van der Waals surface area contributed by atoms with Gasteiger partial charge in [-0.1, -0.05) is 12.1 Å². The van der Waals surface area contributed by atoms with E-state index in [1.165, 1.54) is 6.07 Å². The maximum Gasteiger partial charge on any atom is 0.433 e. The Balaban J connectivity index is 2.04. The molecule has 2 N–H and O–H groups in total. The molecule has 1 aromatic carbocycles. The van der Waals surface area contributed by atoms with Crippen LogP contribution in [0.3, 0.4) is 0 Å². The largest absolute Gasteiger partial charge is 0.433 e. The van der Waals surface area contributed by atoms with Crippen molar-refractivity contribution in [2.75, 3.05) is 11.9 Å². The number of benzene rings is 1. The van der Waals surface area contributed by atoms with E-state index in [4.69, 9.17) is 9.52 Å². The predicted molar refractivity (Wildman–Crippen MR) is 70.5 cm³/mol. The standard InChI is InChI=1S/C13H12N2O5/c16-8-7-9-1-3-10(4-2-9)14-13(17)11-5-6-12(20-11)15(18)19/h1-6,16H,7-8H2,(H,14,17). The minimum Gasteiger partial charge on any atom is -0.396 e. The lowest BCUT2D eigenvalue weighted by Gasteiger charge is -2.04. The Morgan fingerprint density at radius 2 is 1.95 bits per heavy atom. The zero-order chi connectivity index (χ0) is 14.5. The Morgan fingerprint density at radius 3 is 2.50 bits per heavy atom. The van der Waals surface area contributed by atoms with Crippen LogP contribution in [0.15, 0.2) is 40.8 Å². The predicted octanol–water partition coefficient (Wildman–Crippen LogP) is 1.97. The van der Waals surface area contributed by atoms with Crippen LogP contribution in [0.5, 0.6) is 0 Å². The van der Waals surface area contributed by atoms with E-state index >= 15 is 0 Å². The smallest absolute Gasteiger partial charge is 0.396 e. The lowest BCUT2D eigenvalue weighted by molar-refractivity contribution is -0.402. The Bertz CT molecular complexity index is 618. The Labute approximate surface area is 114 Å². The number of furan rings is 1. The summed E-state index contributed by atoms with van der Waals surface area (Å²) in [5.41, 5.74) is 1.48. The van der Waals surface area contributed by atoms with Gasteiger partial charge in [0.05, 0.1) is 6.07 Å². The zero-order valence-electron chi connectivity index (χ0n) is 10.4. The van der Waals surface area contributed by atoms with Crippen LogP contribution in [-0.4, -0.2) is 22.5 Å². The molecule has 0 atom stereocenters. The van der Waals surface area contributed by atoms with Crippen molar-refractivity contribution in [1.82, 2.24) is 0 Å². The highest BCUT2D eigenvalue weighted by Gasteiger charge is 2.17. The number of hydrogen-bond acceptors (Lipinski definition) is 5. The van der Waals surface area contributed by atoms with Crippen molar-refractivity contribution < 1.29 is 19.2 Å². The first-order chi connectivity index (χ1) is 9.60. The topological polar surface area (TPSA) is 106 Å². The highest BCUT2D eigenvalue weighted by atomic mass is 16.6. The van der Waals surface area contributed by atoms with Crippen LogP contribution >= 0.6 is 0 Å². The van der Waals surface area contributed by atoms with Crippen LogP contribution in [0.4, 0.5) is 11.6 Å². The van der Waals surface area contributed by atoms with Gasteiger partial charge in [-0.05, 0) is 30.2 Å². The molecule has 0 aliphatic rings. The third-order valence-corrected chi connectivity index (χ3v) is 2.61. The lowest BCUT2D eigenvalue weighted by atomic mass is 10.1. The van der Waals surface area contributed by atoms with Crippen molar-refractivity contribution in [3.05, 3.63) is 57.8 Å². The zero-order valence-corrected chi connectivity index (χ0v) is 10.4. The summed E-state index contributed by atoms with van der Waals surface area (Å²) in [5, 5.41) is 21.8. The maximum absolute atomic E-state index is 11.8. The van der Waals surface area contributed by atoms with Crippen molar-refractivity contribution in [3.63, 3.8) is 0 Å². The van der Waals surface area contributed by atoms with Crippen molar-refractivity contribution in [2.24, 2.45) is 0 Å². The quantitative estimate of drug-likeness (QED) is 0.641. The van der Waals surface area contributed by atoms with Gasteiger partial charge in [0.25, 0.3) is 5.91 Å². The van der Waals surface area contributed by atoms with Gasteiger partial charge < -0.3 is 14.8 Å². The molecule has 1 aromatic heterocycles. The molecule has 0 fully saturated rings. The van der Waals surface area contributed by atoms with E-state index in [9.17, 15) is 14.9 Å². The van der Waals surface area contributed by atoms with E-state index in [1.807, 2.05) is 0 Å². The second kappa shape index (κ2) is 5.98. The number of nitrogens with zero attached hydrogens (tertiary/aromatic N) is 1. The molecule has 7 nitrogen and oxygen atoms in total. The van der Waals surface area contributed by atoms with Gasteiger partial charge in [-0.25, -0.2) is 0 Å². The highest BCUT2D eigenvalue weighted by molar-refractivity contribution is 6.02. The number of carbonyl (C=O) groups is 1. The van der Waals surface area contributed by atoms with Crippen LogP contribution in [0.1, 0.15) is 16.1 Å². The summed E-state index contributed by atoms with van der Waals surface area (Å²) in [6.45, 7) is 0.0573. The van der Waals surface area contributed by atoms with E-state index in [0.717, 1.165) is 11.6 Å². The highest BCUT2D eigenvalue weighted by Crippen LogP contribution is 2.17. The molecule has 1 amide bonds. The fourth-order valence-corrected chi connectivity index (χ4v) is 1.62. The normalized spacial score (nSPS) is 10.2. The van der Waals surface area contributed by atoms with E-state index < -0.39 is 16.7 Å². The van der Waals surface area contributed by atoms with Gasteiger partial charge in [0.2, 0.25) is 0 Å². The van der Waals surface area contributed by atoms with Gasteiger partial charge in [-0.15, -0.1) is 0 Å². The molecule has 0 saturated heterocycles. The molecular weight excluding hydrogens is 264 g/mol. The van der Waals surface area contributed by atoms with Gasteiger partial charge in [-0.2, -0.15) is 0 Å². The SMILES string of the molecule is O=C(Nc1ccc(CCO)cc1)c1ccc([N+](=O)[O-])o1. The number of anilines is 1. The summed E-state index contributed by atoms with van der Waals surface area (Å²) in [6, 6.07) is 9.28. The fraction of sp³-hybridized carbons (Fsp3) is 0.154. The number of hydrogen-bond donors (Lipinski definition) is 2. The average molecular weight is 276 g/mol. The molecule has 0 spiro atoms. The van der Waals surface area contributed by atoms with Crippen LogP contribution < -0.4 is 5.32 Å². The number of nitrogens with one attached hydrogen (secondary N) is 1. The summed E-state index contributed by atoms with van der Waals surface area (Å²) in [7, 11) is 0. The first-order valence-electron chi connectivity index (χ1n) is 5.85. The molecule has 2 rings (SSSR count). The second-order valence-electron chi connectivity index (χ2n) is 4.02. The monoisotopic (exact) mass is 276 g/mol. The van der Waals surface area contributed by atoms with Crippen molar-refractivity contribution in [1.29, 1.82) is 0 Å². The molecule has 0 bridgehead atoms. The summed E-state index contributed by atoms with van der Waals surface area (Å²) in [6.07, 6.45) is 0.540. The van der Waals surface area contributed by atoms with Gasteiger partial charge in [0.15, 0.2) is 5.76 Å². The maximum atomic E-state index is 11.8. The summed E-state index contributed by atoms with van der Waals surface area (Å²) in [4.78, 5) is 21.5. The average Bonchev–Trinajstić information content (AvgIpc) is 2.91. The van der Waals surface area contributed by atoms with Gasteiger partial charge in [0.1, 0.15) is 4.92 Å². The van der Waals surface area contributed by atoms with E-state index in [2.05, 4.69) is 5.32 Å². The van der Waals surface area contributed by atoms with Crippen LogP contribution in [-0.2, 0) is 6.42 Å². The molecule has 0 aliphatic heterocycles. The van der Waals surface area contributed by atoms with E-state index in [1.54, 1.807) is 24.3 Å². The molecule has 0 aliphatic carbocycles. The molecule has 20 heavy (non-hydrogen) atoms. The van der Waals surface area contributed by atoms with Gasteiger partial charge in [-0.3, -0.25) is 14.9 Å². The van der Waals surface area contributed by atoms with Gasteiger partial charge >= 0.3 is 5.88 Å². The fourth-order valence-electron chi connectivity index (χ4n) is 1.62. The first kappa shape index (κ1) is 13.8. The Hall–Kier alpha value is -2.67. The van der Waals surface area contributed by atoms with Crippen LogP contribution in [0.2, 0.25) is 0 Å². The number of carbonyl (C=O) groups excluding carboxylic acids is 1. The van der Waals surface area contributed by atoms with Crippen LogP contribution in [0, 0.1) is 10.1 Å². The molecular formula is C13H12N2O5. The third kappa shape index (κ3) is 3.21. The molecule has 2 aromatic rings. The molecule has 0 saturated carbocycles. The number of aliphatic hydroxyl groups is 1. The molecule has 1 heterocycles.